The summed E-state index contributed by atoms with van der Waals surface area (Å²) in [7, 11) is 1.63. The lowest BCUT2D eigenvalue weighted by atomic mass is 10.1. The van der Waals surface area contributed by atoms with Crippen molar-refractivity contribution in [2.75, 3.05) is 12.4 Å². The molecule has 3 aromatic rings. The number of rotatable bonds is 4. The number of hydrogen-bond acceptors (Lipinski definition) is 6. The number of allylic oxidation sites excluding steroid dienone is 1. The number of aliphatic imine (C=N–C) groups is 1. The van der Waals surface area contributed by atoms with Gasteiger partial charge in [0.1, 0.15) is 5.75 Å². The minimum atomic E-state index is -0.00430. The second-order valence-corrected chi connectivity index (χ2v) is 7.53. The highest BCUT2D eigenvalue weighted by Gasteiger charge is 2.15. The summed E-state index contributed by atoms with van der Waals surface area (Å²) < 4.78 is 6.14. The van der Waals surface area contributed by atoms with Crippen LogP contribution in [-0.4, -0.2) is 23.4 Å². The fourth-order valence-electron chi connectivity index (χ4n) is 2.59. The highest BCUT2D eigenvalue weighted by Crippen LogP contribution is 2.38. The third-order valence-corrected chi connectivity index (χ3v) is 5.27. The van der Waals surface area contributed by atoms with Gasteiger partial charge in [0.15, 0.2) is 5.13 Å². The highest BCUT2D eigenvalue weighted by atomic mass is 79.9. The van der Waals surface area contributed by atoms with Crippen LogP contribution in [-0.2, 0) is 0 Å². The van der Waals surface area contributed by atoms with E-state index in [-0.39, 0.29) is 5.88 Å². The van der Waals surface area contributed by atoms with Crippen molar-refractivity contribution in [2.45, 2.75) is 0 Å². The van der Waals surface area contributed by atoms with Crippen LogP contribution in [0, 0.1) is 0 Å². The molecule has 0 aliphatic carbocycles. The number of thiazole rings is 1. The van der Waals surface area contributed by atoms with Gasteiger partial charge in [0.25, 0.3) is 0 Å². The lowest BCUT2D eigenvalue weighted by molar-refractivity contribution is 0.415. The molecule has 1 aliphatic rings. The van der Waals surface area contributed by atoms with Gasteiger partial charge in [0, 0.05) is 27.5 Å². The molecule has 26 heavy (non-hydrogen) atoms. The van der Waals surface area contributed by atoms with Gasteiger partial charge in [-0.25, -0.2) is 0 Å². The molecule has 2 aromatic carbocycles. The van der Waals surface area contributed by atoms with Gasteiger partial charge in [0.2, 0.25) is 5.88 Å². The van der Waals surface area contributed by atoms with Crippen LogP contribution in [0.2, 0.25) is 0 Å². The van der Waals surface area contributed by atoms with E-state index in [4.69, 9.17) is 4.74 Å². The Morgan fingerprint density at radius 1 is 1.19 bits per heavy atom. The van der Waals surface area contributed by atoms with Crippen LogP contribution < -0.4 is 10.1 Å². The zero-order chi connectivity index (χ0) is 18.1. The first-order chi connectivity index (χ1) is 12.6. The van der Waals surface area contributed by atoms with Crippen molar-refractivity contribution in [3.63, 3.8) is 0 Å². The molecule has 2 N–H and O–H groups in total. The zero-order valence-electron chi connectivity index (χ0n) is 13.7. The number of aromatic hydroxyl groups is 1. The maximum atomic E-state index is 10.2. The predicted molar refractivity (Wildman–Crippen MR) is 110 cm³/mol. The molecule has 130 valence electrons. The van der Waals surface area contributed by atoms with Crippen LogP contribution in [0.1, 0.15) is 10.4 Å². The van der Waals surface area contributed by atoms with Crippen molar-refractivity contribution >= 4 is 61.6 Å². The fraction of sp³-hybridized carbons (Fsp3) is 0.0526. The molecule has 2 heterocycles. The number of nitrogens with zero attached hydrogens (tertiary/aromatic N) is 2. The number of halogens is 1. The van der Waals surface area contributed by atoms with Gasteiger partial charge in [-0.05, 0) is 48.5 Å². The number of nitrogens with one attached hydrogen (secondary N) is 1. The first kappa shape index (κ1) is 16.8. The molecule has 0 amide bonds. The Hall–Kier alpha value is -2.64. The van der Waals surface area contributed by atoms with E-state index in [2.05, 4.69) is 31.2 Å². The smallest absolute Gasteiger partial charge is 0.231 e. The standard InChI is InChI=1S/C19H14BrN3O2S/c1-25-14-5-3-13(4-6-14)22-19-23-18(24)17(26-19)8-11-10-21-16-7-2-12(20)9-15(11)16/h2-10,24H,1H3,(H,22,23)/b11-8+. The lowest BCUT2D eigenvalue weighted by Gasteiger charge is -2.03. The van der Waals surface area contributed by atoms with Crippen LogP contribution in [0.4, 0.5) is 16.5 Å². The predicted octanol–water partition coefficient (Wildman–Crippen LogP) is 5.62. The minimum Gasteiger partial charge on any atom is -0.497 e. The first-order valence-electron chi connectivity index (χ1n) is 7.79. The summed E-state index contributed by atoms with van der Waals surface area (Å²) in [5.74, 6) is 0.781. The molecule has 0 atom stereocenters. The van der Waals surface area contributed by atoms with Crippen molar-refractivity contribution in [2.24, 2.45) is 4.99 Å². The molecule has 0 radical (unpaired) electrons. The van der Waals surface area contributed by atoms with E-state index >= 15 is 0 Å². The summed E-state index contributed by atoms with van der Waals surface area (Å²) in [6.45, 7) is 0. The second-order valence-electron chi connectivity index (χ2n) is 5.58. The van der Waals surface area contributed by atoms with Gasteiger partial charge in [-0.3, -0.25) is 4.99 Å². The summed E-state index contributed by atoms with van der Waals surface area (Å²) in [4.78, 5) is 9.27. The Morgan fingerprint density at radius 2 is 2.00 bits per heavy atom. The van der Waals surface area contributed by atoms with Gasteiger partial charge in [-0.2, -0.15) is 4.98 Å². The number of anilines is 2. The number of fused-ring (bicyclic) bond motifs is 1. The molecular weight excluding hydrogens is 414 g/mol. The molecule has 0 saturated carbocycles. The number of methoxy groups -OCH3 is 1. The van der Waals surface area contributed by atoms with Crippen molar-refractivity contribution in [3.05, 3.63) is 57.4 Å². The Labute approximate surface area is 162 Å². The van der Waals surface area contributed by atoms with Gasteiger partial charge in [-0.15, -0.1) is 0 Å². The van der Waals surface area contributed by atoms with Crippen LogP contribution in [0.15, 0.2) is 51.9 Å². The van der Waals surface area contributed by atoms with E-state index in [9.17, 15) is 5.11 Å². The van der Waals surface area contributed by atoms with Crippen LogP contribution in [0.5, 0.6) is 11.6 Å². The molecule has 0 fully saturated rings. The Kier molecular flexibility index (Phi) is 4.48. The molecule has 5 nitrogen and oxygen atoms in total. The van der Waals surface area contributed by atoms with Crippen LogP contribution in [0.3, 0.4) is 0 Å². The van der Waals surface area contributed by atoms with E-state index in [1.165, 1.54) is 11.3 Å². The topological polar surface area (TPSA) is 66.7 Å². The Balaban J connectivity index is 1.60. The molecule has 0 bridgehead atoms. The van der Waals surface area contributed by atoms with Crippen molar-refractivity contribution in [3.8, 4) is 11.6 Å². The number of aromatic nitrogens is 1. The van der Waals surface area contributed by atoms with E-state index in [0.717, 1.165) is 32.7 Å². The quantitative estimate of drug-likeness (QED) is 0.566. The van der Waals surface area contributed by atoms with Crippen molar-refractivity contribution in [1.82, 2.24) is 4.98 Å². The maximum absolute atomic E-state index is 10.2. The van der Waals surface area contributed by atoms with E-state index < -0.39 is 0 Å². The lowest BCUT2D eigenvalue weighted by Crippen LogP contribution is -1.89. The molecule has 7 heteroatoms. The first-order valence-corrected chi connectivity index (χ1v) is 9.40. The molecular formula is C19H14BrN3O2S. The van der Waals surface area contributed by atoms with Crippen molar-refractivity contribution < 1.29 is 9.84 Å². The molecule has 0 unspecified atom stereocenters. The fourth-order valence-corrected chi connectivity index (χ4v) is 3.78. The Bertz CT molecular complexity index is 1030. The highest BCUT2D eigenvalue weighted by molar-refractivity contribution is 9.10. The monoisotopic (exact) mass is 427 g/mol. The van der Waals surface area contributed by atoms with E-state index in [0.29, 0.717) is 10.0 Å². The van der Waals surface area contributed by atoms with Gasteiger partial charge in [0.05, 0.1) is 17.7 Å². The summed E-state index contributed by atoms with van der Waals surface area (Å²) in [5, 5.41) is 14.0. The second kappa shape index (κ2) is 6.93. The maximum Gasteiger partial charge on any atom is 0.231 e. The average molecular weight is 428 g/mol. The van der Waals surface area contributed by atoms with Gasteiger partial charge < -0.3 is 15.2 Å². The third-order valence-electron chi connectivity index (χ3n) is 3.87. The van der Waals surface area contributed by atoms with E-state index in [1.807, 2.05) is 48.5 Å². The Morgan fingerprint density at radius 3 is 2.77 bits per heavy atom. The summed E-state index contributed by atoms with van der Waals surface area (Å²) in [6, 6.07) is 13.5. The number of benzene rings is 2. The largest absolute Gasteiger partial charge is 0.497 e. The SMILES string of the molecule is COc1ccc(Nc2nc(O)c(/C=C3\C=Nc4ccc(Br)cc43)s2)cc1. The molecule has 0 saturated heterocycles. The summed E-state index contributed by atoms with van der Waals surface area (Å²) >= 11 is 4.86. The average Bonchev–Trinajstić information content (AvgIpc) is 3.19. The molecule has 4 rings (SSSR count). The van der Waals surface area contributed by atoms with E-state index in [1.54, 1.807) is 13.3 Å². The van der Waals surface area contributed by atoms with Gasteiger partial charge >= 0.3 is 0 Å². The third kappa shape index (κ3) is 3.36. The van der Waals surface area contributed by atoms with Gasteiger partial charge in [-0.1, -0.05) is 27.3 Å². The number of ether oxygens (including phenoxy) is 1. The molecule has 0 spiro atoms. The minimum absolute atomic E-state index is 0.00430. The van der Waals surface area contributed by atoms with Crippen LogP contribution in [0.25, 0.3) is 11.6 Å². The normalized spacial score (nSPS) is 13.8. The summed E-state index contributed by atoms with van der Waals surface area (Å²) in [5.41, 5.74) is 3.75. The number of hydrogen-bond donors (Lipinski definition) is 2. The zero-order valence-corrected chi connectivity index (χ0v) is 16.1. The molecule has 1 aliphatic heterocycles. The van der Waals surface area contributed by atoms with Crippen molar-refractivity contribution in [1.29, 1.82) is 0 Å². The van der Waals surface area contributed by atoms with Crippen LogP contribution >= 0.6 is 27.3 Å². The summed E-state index contributed by atoms with van der Waals surface area (Å²) in [6.07, 6.45) is 3.70. The molecule has 1 aromatic heterocycles.